The fourth-order valence-electron chi connectivity index (χ4n) is 2.10. The second-order valence-electron chi connectivity index (χ2n) is 4.60. The highest BCUT2D eigenvalue weighted by molar-refractivity contribution is 5.71. The molecule has 1 saturated heterocycles. The van der Waals surface area contributed by atoms with E-state index >= 15 is 0 Å². The zero-order chi connectivity index (χ0) is 12.8. The first-order valence-corrected chi connectivity index (χ1v) is 6.22. The van der Waals surface area contributed by atoms with Crippen LogP contribution in [0.25, 0.3) is 0 Å². The van der Waals surface area contributed by atoms with Gasteiger partial charge in [-0.3, -0.25) is 9.69 Å². The molecule has 0 saturated carbocycles. The van der Waals surface area contributed by atoms with E-state index in [1.807, 2.05) is 20.8 Å². The maximum absolute atomic E-state index is 11.1. The van der Waals surface area contributed by atoms with Gasteiger partial charge in [0, 0.05) is 12.6 Å². The third kappa shape index (κ3) is 4.26. The Morgan fingerprint density at radius 1 is 1.53 bits per heavy atom. The van der Waals surface area contributed by atoms with Crippen molar-refractivity contribution in [3.63, 3.8) is 0 Å². The predicted octanol–water partition coefficient (Wildman–Crippen LogP) is 0.833. The summed E-state index contributed by atoms with van der Waals surface area (Å²) in [6.07, 6.45) is 0.212. The summed E-state index contributed by atoms with van der Waals surface area (Å²) in [7, 11) is 0. The van der Waals surface area contributed by atoms with Crippen molar-refractivity contribution in [2.45, 2.75) is 32.9 Å². The number of carboxylic acids is 1. The third-order valence-corrected chi connectivity index (χ3v) is 3.07. The molecule has 1 N–H and O–H groups in total. The van der Waals surface area contributed by atoms with Crippen LogP contribution in [-0.4, -0.2) is 61.0 Å². The maximum atomic E-state index is 11.1. The zero-order valence-corrected chi connectivity index (χ0v) is 10.9. The predicted molar refractivity (Wildman–Crippen MR) is 64.1 cm³/mol. The molecule has 2 atom stereocenters. The number of hydrogen-bond acceptors (Lipinski definition) is 4. The Kier molecular flexibility index (Phi) is 5.88. The molecule has 0 aliphatic carbocycles. The van der Waals surface area contributed by atoms with Gasteiger partial charge in [-0.2, -0.15) is 0 Å². The zero-order valence-electron chi connectivity index (χ0n) is 10.9. The Morgan fingerprint density at radius 2 is 2.24 bits per heavy atom. The minimum absolute atomic E-state index is 0.0201. The first-order chi connectivity index (χ1) is 8.06. The van der Waals surface area contributed by atoms with Gasteiger partial charge >= 0.3 is 5.97 Å². The van der Waals surface area contributed by atoms with E-state index in [0.717, 1.165) is 13.1 Å². The van der Waals surface area contributed by atoms with Gasteiger partial charge in [0.05, 0.1) is 31.8 Å². The second kappa shape index (κ2) is 6.93. The van der Waals surface area contributed by atoms with Gasteiger partial charge in [-0.25, -0.2) is 0 Å². The summed E-state index contributed by atoms with van der Waals surface area (Å²) in [6, 6.07) is -0.0201. The molecule has 100 valence electrons. The van der Waals surface area contributed by atoms with Crippen LogP contribution >= 0.6 is 0 Å². The quantitative estimate of drug-likeness (QED) is 0.720. The minimum atomic E-state index is -0.768. The highest BCUT2D eigenvalue weighted by Gasteiger charge is 2.37. The Hall–Kier alpha value is -0.650. The first kappa shape index (κ1) is 14.4. The lowest BCUT2D eigenvalue weighted by molar-refractivity contribution is -0.143. The topological polar surface area (TPSA) is 59.0 Å². The molecule has 0 aromatic carbocycles. The summed E-state index contributed by atoms with van der Waals surface area (Å²) in [6.45, 7) is 9.06. The van der Waals surface area contributed by atoms with Crippen molar-refractivity contribution in [3.05, 3.63) is 0 Å². The number of carbonyl (C=O) groups is 1. The summed E-state index contributed by atoms with van der Waals surface area (Å²) in [5, 5.41) is 9.10. The third-order valence-electron chi connectivity index (χ3n) is 3.07. The van der Waals surface area contributed by atoms with E-state index in [1.54, 1.807) is 0 Å². The molecule has 0 radical (unpaired) electrons. The fourth-order valence-corrected chi connectivity index (χ4v) is 2.10. The van der Waals surface area contributed by atoms with Gasteiger partial charge in [0.1, 0.15) is 0 Å². The number of rotatable bonds is 7. The van der Waals surface area contributed by atoms with Crippen molar-refractivity contribution in [2.24, 2.45) is 5.92 Å². The lowest BCUT2D eigenvalue weighted by Gasteiger charge is -2.29. The summed E-state index contributed by atoms with van der Waals surface area (Å²) < 4.78 is 10.8. The lowest BCUT2D eigenvalue weighted by atomic mass is 10.0. The molecule has 0 bridgehead atoms. The highest BCUT2D eigenvalue weighted by atomic mass is 16.5. The SMILES string of the molecule is CCN(CCOC(C)C)C1COCC1C(=O)O. The van der Waals surface area contributed by atoms with Crippen LogP contribution in [0.1, 0.15) is 20.8 Å². The first-order valence-electron chi connectivity index (χ1n) is 6.22. The largest absolute Gasteiger partial charge is 0.481 e. The average Bonchev–Trinajstić information content (AvgIpc) is 2.72. The summed E-state index contributed by atoms with van der Waals surface area (Å²) in [5.74, 6) is -1.18. The van der Waals surface area contributed by atoms with Crippen LogP contribution in [0.3, 0.4) is 0 Å². The molecule has 0 spiro atoms. The molecule has 1 rings (SSSR count). The fraction of sp³-hybridized carbons (Fsp3) is 0.917. The normalized spacial score (nSPS) is 24.8. The van der Waals surface area contributed by atoms with Crippen LogP contribution in [0.15, 0.2) is 0 Å². The molecule has 1 aliphatic rings. The molecule has 17 heavy (non-hydrogen) atoms. The Morgan fingerprint density at radius 3 is 2.76 bits per heavy atom. The smallest absolute Gasteiger partial charge is 0.310 e. The van der Waals surface area contributed by atoms with Crippen molar-refractivity contribution in [1.29, 1.82) is 0 Å². The lowest BCUT2D eigenvalue weighted by Crippen LogP contribution is -2.44. The van der Waals surface area contributed by atoms with Crippen LogP contribution in [0, 0.1) is 5.92 Å². The van der Waals surface area contributed by atoms with Crippen LogP contribution in [0.2, 0.25) is 0 Å². The van der Waals surface area contributed by atoms with E-state index in [0.29, 0.717) is 19.8 Å². The van der Waals surface area contributed by atoms with Gasteiger partial charge in [-0.1, -0.05) is 6.92 Å². The van der Waals surface area contributed by atoms with Gasteiger partial charge in [0.15, 0.2) is 0 Å². The highest BCUT2D eigenvalue weighted by Crippen LogP contribution is 2.19. The van der Waals surface area contributed by atoms with Gasteiger partial charge in [0.25, 0.3) is 0 Å². The molecule has 0 aromatic rings. The molecule has 1 aliphatic heterocycles. The van der Waals surface area contributed by atoms with E-state index in [-0.39, 0.29) is 12.1 Å². The molecular weight excluding hydrogens is 222 g/mol. The number of aliphatic carboxylic acids is 1. The van der Waals surface area contributed by atoms with E-state index in [1.165, 1.54) is 0 Å². The Balaban J connectivity index is 2.45. The molecular formula is C12H23NO4. The average molecular weight is 245 g/mol. The van der Waals surface area contributed by atoms with Crippen LogP contribution in [-0.2, 0) is 14.3 Å². The van der Waals surface area contributed by atoms with Crippen molar-refractivity contribution >= 4 is 5.97 Å². The second-order valence-corrected chi connectivity index (χ2v) is 4.60. The molecule has 2 unspecified atom stereocenters. The Bertz CT molecular complexity index is 245. The van der Waals surface area contributed by atoms with Crippen molar-refractivity contribution < 1.29 is 19.4 Å². The maximum Gasteiger partial charge on any atom is 0.310 e. The van der Waals surface area contributed by atoms with Crippen LogP contribution < -0.4 is 0 Å². The molecule has 0 aromatic heterocycles. The van der Waals surface area contributed by atoms with E-state index in [2.05, 4.69) is 4.90 Å². The monoisotopic (exact) mass is 245 g/mol. The van der Waals surface area contributed by atoms with Gasteiger partial charge in [0.2, 0.25) is 0 Å². The molecule has 0 amide bonds. The minimum Gasteiger partial charge on any atom is -0.481 e. The van der Waals surface area contributed by atoms with E-state index in [9.17, 15) is 4.79 Å². The molecule has 5 nitrogen and oxygen atoms in total. The van der Waals surface area contributed by atoms with Gasteiger partial charge < -0.3 is 14.6 Å². The van der Waals surface area contributed by atoms with E-state index in [4.69, 9.17) is 14.6 Å². The standard InChI is InChI=1S/C12H23NO4/c1-4-13(5-6-17-9(2)3)11-8-16-7-10(11)12(14)15/h9-11H,4-8H2,1-3H3,(H,14,15). The summed E-state index contributed by atoms with van der Waals surface area (Å²) in [4.78, 5) is 13.2. The number of likely N-dealkylation sites (N-methyl/N-ethyl adjacent to an activating group) is 1. The molecule has 1 fully saturated rings. The van der Waals surface area contributed by atoms with Gasteiger partial charge in [-0.15, -0.1) is 0 Å². The van der Waals surface area contributed by atoms with Crippen LogP contribution in [0.5, 0.6) is 0 Å². The molecule has 5 heteroatoms. The number of nitrogens with zero attached hydrogens (tertiary/aromatic N) is 1. The Labute approximate surface area is 103 Å². The van der Waals surface area contributed by atoms with Crippen molar-refractivity contribution in [2.75, 3.05) is 32.9 Å². The summed E-state index contributed by atoms with van der Waals surface area (Å²) in [5.41, 5.74) is 0. The van der Waals surface area contributed by atoms with E-state index < -0.39 is 11.9 Å². The molecule has 1 heterocycles. The van der Waals surface area contributed by atoms with Crippen LogP contribution in [0.4, 0.5) is 0 Å². The number of hydrogen-bond donors (Lipinski definition) is 1. The number of carboxylic acid groups (broad SMARTS) is 1. The number of ether oxygens (including phenoxy) is 2. The van der Waals surface area contributed by atoms with Crippen molar-refractivity contribution in [3.8, 4) is 0 Å². The summed E-state index contributed by atoms with van der Waals surface area (Å²) >= 11 is 0. The van der Waals surface area contributed by atoms with Crippen molar-refractivity contribution in [1.82, 2.24) is 4.90 Å². The van der Waals surface area contributed by atoms with Gasteiger partial charge in [-0.05, 0) is 20.4 Å².